The van der Waals surface area contributed by atoms with Crippen molar-refractivity contribution in [2.75, 3.05) is 0 Å². The van der Waals surface area contributed by atoms with Gasteiger partial charge in [0, 0.05) is 28.8 Å². The van der Waals surface area contributed by atoms with Gasteiger partial charge in [0.15, 0.2) is 5.60 Å². The molecule has 0 aromatic heterocycles. The van der Waals surface area contributed by atoms with Crippen molar-refractivity contribution in [2.24, 2.45) is 10.8 Å². The average Bonchev–Trinajstić information content (AvgIpc) is 3.15. The Morgan fingerprint density at radius 3 is 1.75 bits per heavy atom. The topological polar surface area (TPSA) is 88.1 Å². The van der Waals surface area contributed by atoms with Gasteiger partial charge in [0.1, 0.15) is 23.0 Å². The number of aryl methyl sites for hydroxylation is 1. The molecule has 0 atom stereocenters. The summed E-state index contributed by atoms with van der Waals surface area (Å²) in [5, 5.41) is 0. The van der Waals surface area contributed by atoms with Crippen LogP contribution >= 0.6 is 0 Å². The molecule has 40 heavy (non-hydrogen) atoms. The number of benzene rings is 3. The van der Waals surface area contributed by atoms with E-state index in [1.54, 1.807) is 77.9 Å². The minimum absolute atomic E-state index is 0.303. The van der Waals surface area contributed by atoms with Crippen molar-refractivity contribution in [3.63, 3.8) is 0 Å². The number of hydrogen-bond acceptors (Lipinski definition) is 7. The molecule has 208 valence electrons. The molecule has 0 bridgehead atoms. The Hall–Kier alpha value is -4.13. The Morgan fingerprint density at radius 1 is 0.750 bits per heavy atom. The highest BCUT2D eigenvalue weighted by molar-refractivity contribution is 5.97. The Labute approximate surface area is 234 Å². The summed E-state index contributed by atoms with van der Waals surface area (Å²) in [4.78, 5) is 38.5. The third-order valence-corrected chi connectivity index (χ3v) is 7.00. The van der Waals surface area contributed by atoms with Gasteiger partial charge in [-0.15, -0.1) is 0 Å². The smallest absolute Gasteiger partial charge is 0.340 e. The molecule has 0 radical (unpaired) electrons. The zero-order valence-corrected chi connectivity index (χ0v) is 24.0. The van der Waals surface area contributed by atoms with Crippen molar-refractivity contribution in [3.8, 4) is 23.0 Å². The largest absolute Gasteiger partial charge is 0.456 e. The van der Waals surface area contributed by atoms with Crippen LogP contribution in [0.15, 0.2) is 54.6 Å². The standard InChI is InChI=1S/C33H34O7/c1-8-9-19-10-13-22-25(16-19)33(40-28(22)34)23-14-11-20(37-29(35)31(2,3)4)17-26(23)39-27-18-21(12-15-24(27)33)38-30(36)32(5,6)7/h10-18H,8-9H2,1-7H3. The Bertz CT molecular complexity index is 1460. The van der Waals surface area contributed by atoms with Crippen LogP contribution in [0, 0.1) is 10.8 Å². The Morgan fingerprint density at radius 2 is 1.27 bits per heavy atom. The van der Waals surface area contributed by atoms with Gasteiger partial charge >= 0.3 is 17.9 Å². The highest BCUT2D eigenvalue weighted by Crippen LogP contribution is 2.57. The maximum atomic E-state index is 13.3. The summed E-state index contributed by atoms with van der Waals surface area (Å²) >= 11 is 0. The first kappa shape index (κ1) is 27.4. The average molecular weight is 543 g/mol. The fraction of sp³-hybridized carbons (Fsp3) is 0.364. The van der Waals surface area contributed by atoms with Crippen LogP contribution in [-0.2, 0) is 26.3 Å². The minimum Gasteiger partial charge on any atom is -0.456 e. The molecule has 1 spiro atoms. The Kier molecular flexibility index (Phi) is 6.52. The first-order valence-electron chi connectivity index (χ1n) is 13.5. The molecule has 2 heterocycles. The third-order valence-electron chi connectivity index (χ3n) is 7.00. The van der Waals surface area contributed by atoms with Crippen LogP contribution in [0.25, 0.3) is 0 Å². The molecule has 0 unspecified atom stereocenters. The van der Waals surface area contributed by atoms with Gasteiger partial charge in [-0.1, -0.05) is 25.5 Å². The number of rotatable bonds is 4. The Balaban J connectivity index is 1.69. The molecule has 7 nitrogen and oxygen atoms in total. The summed E-state index contributed by atoms with van der Waals surface area (Å²) in [5.74, 6) is 0.116. The van der Waals surface area contributed by atoms with Crippen LogP contribution in [0.3, 0.4) is 0 Å². The summed E-state index contributed by atoms with van der Waals surface area (Å²) in [6.45, 7) is 12.8. The van der Waals surface area contributed by atoms with Gasteiger partial charge in [-0.2, -0.15) is 0 Å². The fourth-order valence-electron chi connectivity index (χ4n) is 4.82. The first-order valence-corrected chi connectivity index (χ1v) is 13.5. The number of carbonyl (C=O) groups excluding carboxylic acids is 3. The monoisotopic (exact) mass is 542 g/mol. The summed E-state index contributed by atoms with van der Waals surface area (Å²) in [7, 11) is 0. The van der Waals surface area contributed by atoms with E-state index < -0.39 is 34.3 Å². The van der Waals surface area contributed by atoms with Crippen LogP contribution in [0.2, 0.25) is 0 Å². The number of esters is 3. The van der Waals surface area contributed by atoms with E-state index in [4.69, 9.17) is 18.9 Å². The summed E-state index contributed by atoms with van der Waals surface area (Å²) in [6, 6.07) is 15.9. The summed E-state index contributed by atoms with van der Waals surface area (Å²) in [6.07, 6.45) is 1.79. The van der Waals surface area contributed by atoms with Crippen LogP contribution in [0.1, 0.15) is 87.5 Å². The molecule has 2 aliphatic heterocycles. The molecule has 0 saturated carbocycles. The molecule has 3 aromatic rings. The lowest BCUT2D eigenvalue weighted by Crippen LogP contribution is -2.33. The van der Waals surface area contributed by atoms with E-state index in [0.29, 0.717) is 45.3 Å². The third kappa shape index (κ3) is 4.63. The number of carbonyl (C=O) groups is 3. The SMILES string of the molecule is CCCc1ccc2c(c1)C1(OC2=O)c2ccc(OC(=O)C(C)(C)C)cc2Oc2cc(OC(=O)C(C)(C)C)ccc21. The molecule has 3 aromatic carbocycles. The van der Waals surface area contributed by atoms with Crippen molar-refractivity contribution in [3.05, 3.63) is 82.4 Å². The quantitative estimate of drug-likeness (QED) is 0.256. The highest BCUT2D eigenvalue weighted by atomic mass is 16.6. The molecule has 0 saturated heterocycles. The van der Waals surface area contributed by atoms with Gasteiger partial charge in [-0.05, 0) is 83.9 Å². The lowest BCUT2D eigenvalue weighted by atomic mass is 9.77. The molecule has 0 N–H and O–H groups in total. The molecule has 0 amide bonds. The number of hydrogen-bond donors (Lipinski definition) is 0. The van der Waals surface area contributed by atoms with Crippen LogP contribution in [0.4, 0.5) is 0 Å². The summed E-state index contributed by atoms with van der Waals surface area (Å²) in [5.41, 5.74) is 0.792. The maximum absolute atomic E-state index is 13.3. The van der Waals surface area contributed by atoms with E-state index in [1.165, 1.54) is 0 Å². The van der Waals surface area contributed by atoms with Gasteiger partial charge in [-0.3, -0.25) is 9.59 Å². The molecule has 5 rings (SSSR count). The molecule has 7 heteroatoms. The van der Waals surface area contributed by atoms with E-state index in [0.717, 1.165) is 18.4 Å². The number of fused-ring (bicyclic) bond motifs is 6. The van der Waals surface area contributed by atoms with Crippen molar-refractivity contribution in [2.45, 2.75) is 66.9 Å². The lowest BCUT2D eigenvalue weighted by Gasteiger charge is -2.37. The zero-order valence-electron chi connectivity index (χ0n) is 24.0. The van der Waals surface area contributed by atoms with E-state index in [1.807, 2.05) is 18.2 Å². The molecule has 2 aliphatic rings. The molecule has 0 aliphatic carbocycles. The fourth-order valence-corrected chi connectivity index (χ4v) is 4.82. The van der Waals surface area contributed by atoms with Gasteiger partial charge in [-0.25, -0.2) is 4.79 Å². The van der Waals surface area contributed by atoms with Gasteiger partial charge < -0.3 is 18.9 Å². The second-order valence-electron chi connectivity index (χ2n) is 12.4. The minimum atomic E-state index is -1.29. The summed E-state index contributed by atoms with van der Waals surface area (Å²) < 4.78 is 23.9. The molecule has 0 fully saturated rings. The maximum Gasteiger partial charge on any atom is 0.340 e. The predicted molar refractivity (Wildman–Crippen MR) is 149 cm³/mol. The van der Waals surface area contributed by atoms with E-state index in [9.17, 15) is 14.4 Å². The first-order chi connectivity index (χ1) is 18.7. The van der Waals surface area contributed by atoms with Crippen molar-refractivity contribution in [1.82, 2.24) is 0 Å². The molecular weight excluding hydrogens is 508 g/mol. The number of ether oxygens (including phenoxy) is 4. The van der Waals surface area contributed by atoms with E-state index in [2.05, 4.69) is 6.92 Å². The van der Waals surface area contributed by atoms with Crippen LogP contribution in [-0.4, -0.2) is 17.9 Å². The van der Waals surface area contributed by atoms with Gasteiger partial charge in [0.05, 0.1) is 16.4 Å². The lowest BCUT2D eigenvalue weighted by molar-refractivity contribution is -0.143. The van der Waals surface area contributed by atoms with Crippen LogP contribution < -0.4 is 14.2 Å². The van der Waals surface area contributed by atoms with E-state index >= 15 is 0 Å². The molecular formula is C33H34O7. The van der Waals surface area contributed by atoms with Crippen molar-refractivity contribution >= 4 is 17.9 Å². The van der Waals surface area contributed by atoms with Crippen molar-refractivity contribution < 1.29 is 33.3 Å². The second-order valence-corrected chi connectivity index (χ2v) is 12.4. The van der Waals surface area contributed by atoms with E-state index in [-0.39, 0.29) is 0 Å². The zero-order chi connectivity index (χ0) is 29.0. The highest BCUT2D eigenvalue weighted by Gasteiger charge is 2.54. The predicted octanol–water partition coefficient (Wildman–Crippen LogP) is 7.11. The van der Waals surface area contributed by atoms with Crippen LogP contribution in [0.5, 0.6) is 23.0 Å². The van der Waals surface area contributed by atoms with Gasteiger partial charge in [0.2, 0.25) is 0 Å². The normalized spacial score (nSPS) is 14.9. The van der Waals surface area contributed by atoms with Gasteiger partial charge in [0.25, 0.3) is 0 Å². The second kappa shape index (κ2) is 9.51. The van der Waals surface area contributed by atoms with Crippen molar-refractivity contribution in [1.29, 1.82) is 0 Å².